The normalized spacial score (nSPS) is 22.4. The van der Waals surface area contributed by atoms with Crippen molar-refractivity contribution in [3.05, 3.63) is 29.8 Å². The average Bonchev–Trinajstić information content (AvgIpc) is 2.38. The molecule has 5 nitrogen and oxygen atoms in total. The molecule has 0 saturated carbocycles. The number of sulfone groups is 1. The molecule has 18 heavy (non-hydrogen) atoms. The maximum absolute atomic E-state index is 11.6. The molecule has 1 aliphatic heterocycles. The third kappa shape index (κ3) is 2.63. The summed E-state index contributed by atoms with van der Waals surface area (Å²) in [4.78, 5) is 2.00. The molecule has 1 heterocycles. The molecule has 6 heteroatoms. The molecular weight excluding hydrogens is 250 g/mol. The summed E-state index contributed by atoms with van der Waals surface area (Å²) < 4.78 is 23.1. The Labute approximate surface area is 107 Å². The van der Waals surface area contributed by atoms with E-state index in [4.69, 9.17) is 11.0 Å². The molecule has 1 unspecified atom stereocenters. The summed E-state index contributed by atoms with van der Waals surface area (Å²) in [7, 11) is -2.97. The van der Waals surface area contributed by atoms with E-state index < -0.39 is 9.84 Å². The Hall–Kier alpha value is -1.58. The van der Waals surface area contributed by atoms with Gasteiger partial charge in [0.05, 0.1) is 29.2 Å². The minimum atomic E-state index is -2.97. The van der Waals surface area contributed by atoms with Crippen LogP contribution >= 0.6 is 0 Å². The predicted molar refractivity (Wildman–Crippen MR) is 70.0 cm³/mol. The first kappa shape index (κ1) is 12.9. The molecule has 0 spiro atoms. The van der Waals surface area contributed by atoms with E-state index >= 15 is 0 Å². The van der Waals surface area contributed by atoms with E-state index in [1.54, 1.807) is 12.1 Å². The molecule has 0 aliphatic carbocycles. The van der Waals surface area contributed by atoms with Crippen LogP contribution < -0.4 is 10.6 Å². The highest BCUT2D eigenvalue weighted by Gasteiger charge is 2.30. The van der Waals surface area contributed by atoms with E-state index in [0.29, 0.717) is 18.7 Å². The van der Waals surface area contributed by atoms with Crippen molar-refractivity contribution in [2.75, 3.05) is 29.5 Å². The van der Waals surface area contributed by atoms with Crippen LogP contribution in [0.25, 0.3) is 0 Å². The topological polar surface area (TPSA) is 87.2 Å². The SMILES string of the molecule is N#Cc1ccc(N2CCS(=O)(=O)CC2CN)cc1. The molecule has 2 N–H and O–H groups in total. The van der Waals surface area contributed by atoms with E-state index in [-0.39, 0.29) is 17.5 Å². The third-order valence-electron chi connectivity index (χ3n) is 3.13. The quantitative estimate of drug-likeness (QED) is 0.820. The van der Waals surface area contributed by atoms with Gasteiger partial charge in [0, 0.05) is 18.8 Å². The van der Waals surface area contributed by atoms with Gasteiger partial charge in [-0.1, -0.05) is 0 Å². The molecule has 0 aromatic heterocycles. The van der Waals surface area contributed by atoms with Crippen LogP contribution in [-0.2, 0) is 9.84 Å². The van der Waals surface area contributed by atoms with Crippen molar-refractivity contribution in [1.82, 2.24) is 0 Å². The van der Waals surface area contributed by atoms with Gasteiger partial charge in [-0.05, 0) is 24.3 Å². The van der Waals surface area contributed by atoms with Gasteiger partial charge in [0.1, 0.15) is 0 Å². The molecule has 0 bridgehead atoms. The van der Waals surface area contributed by atoms with Crippen LogP contribution in [0.3, 0.4) is 0 Å². The van der Waals surface area contributed by atoms with Crippen LogP contribution in [0.1, 0.15) is 5.56 Å². The predicted octanol–water partition coefficient (Wildman–Crippen LogP) is 0.120. The molecule has 96 valence electrons. The minimum Gasteiger partial charge on any atom is -0.365 e. The lowest BCUT2D eigenvalue weighted by atomic mass is 10.1. The van der Waals surface area contributed by atoms with E-state index in [1.165, 1.54) is 0 Å². The highest BCUT2D eigenvalue weighted by Crippen LogP contribution is 2.21. The summed E-state index contributed by atoms with van der Waals surface area (Å²) in [6, 6.07) is 8.99. The number of nitrogens with two attached hydrogens (primary N) is 1. The van der Waals surface area contributed by atoms with Gasteiger partial charge in [-0.3, -0.25) is 0 Å². The number of anilines is 1. The molecule has 0 radical (unpaired) electrons. The summed E-state index contributed by atoms with van der Waals surface area (Å²) >= 11 is 0. The standard InChI is InChI=1S/C12H15N3O2S/c13-7-10-1-3-11(4-2-10)15-5-6-18(16,17)9-12(15)8-14/h1-4,12H,5-6,8-9,14H2. The van der Waals surface area contributed by atoms with Gasteiger partial charge >= 0.3 is 0 Å². The lowest BCUT2D eigenvalue weighted by Gasteiger charge is -2.36. The smallest absolute Gasteiger partial charge is 0.154 e. The highest BCUT2D eigenvalue weighted by atomic mass is 32.2. The van der Waals surface area contributed by atoms with Crippen molar-refractivity contribution in [2.45, 2.75) is 6.04 Å². The summed E-state index contributed by atoms with van der Waals surface area (Å²) in [5, 5.41) is 8.74. The number of rotatable bonds is 2. The minimum absolute atomic E-state index is 0.101. The lowest BCUT2D eigenvalue weighted by Crippen LogP contribution is -2.52. The monoisotopic (exact) mass is 265 g/mol. The Kier molecular flexibility index (Phi) is 3.55. The molecule has 2 rings (SSSR count). The number of hydrogen-bond acceptors (Lipinski definition) is 5. The summed E-state index contributed by atoms with van der Waals surface area (Å²) in [5.41, 5.74) is 7.16. The molecular formula is C12H15N3O2S. The second-order valence-electron chi connectivity index (χ2n) is 4.36. The maximum atomic E-state index is 11.6. The van der Waals surface area contributed by atoms with Gasteiger partial charge < -0.3 is 10.6 Å². The number of nitrogens with zero attached hydrogens (tertiary/aromatic N) is 2. The molecule has 0 amide bonds. The lowest BCUT2D eigenvalue weighted by molar-refractivity contribution is 0.559. The number of hydrogen-bond donors (Lipinski definition) is 1. The summed E-state index contributed by atoms with van der Waals surface area (Å²) in [6.07, 6.45) is 0. The van der Waals surface area contributed by atoms with Crippen molar-refractivity contribution in [3.8, 4) is 6.07 Å². The van der Waals surface area contributed by atoms with Crippen molar-refractivity contribution in [1.29, 1.82) is 5.26 Å². The molecule has 1 aromatic carbocycles. The summed E-state index contributed by atoms with van der Waals surface area (Å²) in [6.45, 7) is 0.759. The Balaban J connectivity index is 2.24. The van der Waals surface area contributed by atoms with E-state index in [0.717, 1.165) is 5.69 Å². The zero-order valence-electron chi connectivity index (χ0n) is 9.91. The largest absolute Gasteiger partial charge is 0.365 e. The Morgan fingerprint density at radius 2 is 2.06 bits per heavy atom. The summed E-state index contributed by atoms with van der Waals surface area (Å²) in [5.74, 6) is 0.257. The van der Waals surface area contributed by atoms with Gasteiger partial charge in [-0.2, -0.15) is 5.26 Å². The Morgan fingerprint density at radius 1 is 1.39 bits per heavy atom. The van der Waals surface area contributed by atoms with Gasteiger partial charge in [0.15, 0.2) is 9.84 Å². The molecule has 1 saturated heterocycles. The fourth-order valence-electron chi connectivity index (χ4n) is 2.15. The van der Waals surface area contributed by atoms with Gasteiger partial charge in [0.2, 0.25) is 0 Å². The first-order valence-corrected chi connectivity index (χ1v) is 7.55. The molecule has 1 aliphatic rings. The first-order valence-electron chi connectivity index (χ1n) is 5.73. The Bertz CT molecular complexity index is 560. The average molecular weight is 265 g/mol. The number of nitriles is 1. The van der Waals surface area contributed by atoms with E-state index in [2.05, 4.69) is 6.07 Å². The van der Waals surface area contributed by atoms with Crippen molar-refractivity contribution >= 4 is 15.5 Å². The Morgan fingerprint density at radius 3 is 2.61 bits per heavy atom. The number of benzene rings is 1. The maximum Gasteiger partial charge on any atom is 0.154 e. The van der Waals surface area contributed by atoms with E-state index in [1.807, 2.05) is 17.0 Å². The van der Waals surface area contributed by atoms with Crippen LogP contribution in [-0.4, -0.2) is 39.1 Å². The van der Waals surface area contributed by atoms with Crippen LogP contribution in [0.5, 0.6) is 0 Å². The van der Waals surface area contributed by atoms with Crippen LogP contribution in [0, 0.1) is 11.3 Å². The fraction of sp³-hybridized carbons (Fsp3) is 0.417. The highest BCUT2D eigenvalue weighted by molar-refractivity contribution is 7.91. The van der Waals surface area contributed by atoms with Crippen LogP contribution in [0.2, 0.25) is 0 Å². The van der Waals surface area contributed by atoms with Crippen molar-refractivity contribution < 1.29 is 8.42 Å². The zero-order chi connectivity index (χ0) is 13.2. The third-order valence-corrected chi connectivity index (χ3v) is 4.83. The van der Waals surface area contributed by atoms with Crippen LogP contribution in [0.15, 0.2) is 24.3 Å². The van der Waals surface area contributed by atoms with Gasteiger partial charge in [0.25, 0.3) is 0 Å². The van der Waals surface area contributed by atoms with Gasteiger partial charge in [-0.15, -0.1) is 0 Å². The molecule has 1 fully saturated rings. The zero-order valence-corrected chi connectivity index (χ0v) is 10.7. The fourth-order valence-corrected chi connectivity index (χ4v) is 3.69. The molecule has 1 aromatic rings. The van der Waals surface area contributed by atoms with Gasteiger partial charge in [-0.25, -0.2) is 8.42 Å². The van der Waals surface area contributed by atoms with Crippen molar-refractivity contribution in [2.24, 2.45) is 5.73 Å². The van der Waals surface area contributed by atoms with Crippen molar-refractivity contribution in [3.63, 3.8) is 0 Å². The second-order valence-corrected chi connectivity index (χ2v) is 6.58. The first-order chi connectivity index (χ1) is 8.55. The second kappa shape index (κ2) is 4.96. The van der Waals surface area contributed by atoms with E-state index in [9.17, 15) is 8.42 Å². The van der Waals surface area contributed by atoms with Crippen LogP contribution in [0.4, 0.5) is 5.69 Å². The molecule has 1 atom stereocenters.